The lowest BCUT2D eigenvalue weighted by Crippen LogP contribution is -2.07. The zero-order chi connectivity index (χ0) is 10.3. The average Bonchev–Trinajstić information content (AvgIpc) is 2.11. The van der Waals surface area contributed by atoms with Gasteiger partial charge in [0.15, 0.2) is 9.76 Å². The van der Waals surface area contributed by atoms with E-state index in [-0.39, 0.29) is 0 Å². The van der Waals surface area contributed by atoms with Gasteiger partial charge in [0, 0.05) is 12.2 Å². The van der Waals surface area contributed by atoms with Gasteiger partial charge in [-0.05, 0) is 19.4 Å². The van der Waals surface area contributed by atoms with Crippen molar-refractivity contribution >= 4 is 15.7 Å². The highest BCUT2D eigenvalue weighted by Gasteiger charge is 2.07. The Morgan fingerprint density at radius 3 is 2.62 bits per heavy atom. The van der Waals surface area contributed by atoms with E-state index < -0.39 is 15.7 Å². The number of carbonyl (C=O) groups is 1. The van der Waals surface area contributed by atoms with E-state index in [1.54, 1.807) is 6.92 Å². The molecule has 0 aliphatic heterocycles. The van der Waals surface area contributed by atoms with E-state index in [0.29, 0.717) is 11.1 Å². The minimum Gasteiger partial charge on any atom is -0.478 e. The fourth-order valence-corrected chi connectivity index (χ4v) is 2.20. The number of allylic oxidation sites excluding steroid dienone is 1. The van der Waals surface area contributed by atoms with Crippen LogP contribution < -0.4 is 0 Å². The Morgan fingerprint density at radius 2 is 2.23 bits per heavy atom. The maximum Gasteiger partial charge on any atom is 0.330 e. The van der Waals surface area contributed by atoms with Gasteiger partial charge < -0.3 is 9.53 Å². The van der Waals surface area contributed by atoms with E-state index in [0.717, 1.165) is 13.0 Å². The minimum atomic E-state index is -0.830. The van der Waals surface area contributed by atoms with Gasteiger partial charge in [-0.1, -0.05) is 19.4 Å². The summed E-state index contributed by atoms with van der Waals surface area (Å²) < 4.78 is 5.37. The molecule has 0 bridgehead atoms. The van der Waals surface area contributed by atoms with Crippen molar-refractivity contribution in [2.75, 3.05) is 6.61 Å². The molecule has 4 heteroatoms. The smallest absolute Gasteiger partial charge is 0.330 e. The Hall–Kier alpha value is -0.613. The summed E-state index contributed by atoms with van der Waals surface area (Å²) in [6.07, 6.45) is 2.79. The molecule has 0 radical (unpaired) electrons. The normalized spacial score (nSPS) is 15.2. The molecule has 3 nitrogen and oxygen atoms in total. The Kier molecular flexibility index (Phi) is 6.53. The second kappa shape index (κ2) is 6.86. The molecule has 0 saturated carbocycles. The van der Waals surface area contributed by atoms with Crippen molar-refractivity contribution in [1.82, 2.24) is 0 Å². The van der Waals surface area contributed by atoms with Crippen LogP contribution in [0, 0.1) is 0 Å². The summed E-state index contributed by atoms with van der Waals surface area (Å²) >= 11 is 0. The van der Waals surface area contributed by atoms with E-state index >= 15 is 0 Å². The van der Waals surface area contributed by atoms with E-state index in [4.69, 9.17) is 9.53 Å². The maximum absolute atomic E-state index is 10.5. The highest BCUT2D eigenvalue weighted by Crippen LogP contribution is 2.13. The highest BCUT2D eigenvalue weighted by molar-refractivity contribution is 6.30. The number of aliphatic carboxylic acids is 1. The fourth-order valence-electron chi connectivity index (χ4n) is 0.978. The van der Waals surface area contributed by atoms with Gasteiger partial charge >= 0.3 is 5.97 Å². The van der Waals surface area contributed by atoms with Crippen LogP contribution >= 0.6 is 0 Å². The second-order valence-electron chi connectivity index (χ2n) is 2.98. The molecular weight excluding hydrogens is 184 g/mol. The third-order valence-corrected chi connectivity index (χ3v) is 3.77. The molecular formula is C9H18O3Si. The van der Waals surface area contributed by atoms with Crippen LogP contribution in [0.25, 0.3) is 0 Å². The summed E-state index contributed by atoms with van der Waals surface area (Å²) in [7, 11) is -0.589. The van der Waals surface area contributed by atoms with Crippen molar-refractivity contribution in [3.8, 4) is 0 Å². The number of carboxylic acid groups (broad SMARTS) is 1. The lowest BCUT2D eigenvalue weighted by atomic mass is 10.2. The summed E-state index contributed by atoms with van der Waals surface area (Å²) in [5, 5.41) is 8.66. The van der Waals surface area contributed by atoms with Gasteiger partial charge in [0.2, 0.25) is 0 Å². The van der Waals surface area contributed by atoms with Crippen LogP contribution in [0.3, 0.4) is 0 Å². The Labute approximate surface area is 81.7 Å². The quantitative estimate of drug-likeness (QED) is 0.522. The van der Waals surface area contributed by atoms with Crippen molar-refractivity contribution in [3.05, 3.63) is 11.6 Å². The van der Waals surface area contributed by atoms with Crippen molar-refractivity contribution in [2.45, 2.75) is 32.7 Å². The zero-order valence-corrected chi connectivity index (χ0v) is 9.95. The van der Waals surface area contributed by atoms with Crippen molar-refractivity contribution in [3.63, 3.8) is 0 Å². The molecule has 0 fully saturated rings. The van der Waals surface area contributed by atoms with Crippen LogP contribution in [0.2, 0.25) is 5.54 Å². The molecule has 0 amide bonds. The van der Waals surface area contributed by atoms with E-state index in [1.165, 1.54) is 0 Å². The zero-order valence-electron chi connectivity index (χ0n) is 8.54. The summed E-state index contributed by atoms with van der Waals surface area (Å²) in [5.41, 5.74) is 0.787. The number of carboxylic acids is 1. The lowest BCUT2D eigenvalue weighted by molar-refractivity contribution is -0.132. The lowest BCUT2D eigenvalue weighted by Gasteiger charge is -2.09. The van der Waals surface area contributed by atoms with Crippen LogP contribution in [0.4, 0.5) is 0 Å². The molecule has 13 heavy (non-hydrogen) atoms. The summed E-state index contributed by atoms with van der Waals surface area (Å²) in [4.78, 5) is 10.5. The van der Waals surface area contributed by atoms with Gasteiger partial charge in [0.25, 0.3) is 0 Å². The average molecular weight is 202 g/mol. The first-order valence-corrected chi connectivity index (χ1v) is 6.00. The third kappa shape index (κ3) is 5.60. The van der Waals surface area contributed by atoms with Crippen molar-refractivity contribution < 1.29 is 14.3 Å². The van der Waals surface area contributed by atoms with Gasteiger partial charge in [-0.3, -0.25) is 0 Å². The molecule has 1 unspecified atom stereocenters. The molecule has 1 atom stereocenters. The first-order valence-electron chi connectivity index (χ1n) is 4.61. The standard InChI is InChI=1S/C9H18O3Si/c1-4-8(13-12-5-2)6-7(3)9(10)11/h6,8H,4-5,13H2,1-3H3,(H,10,11). The molecule has 0 rings (SSSR count). The van der Waals surface area contributed by atoms with Crippen LogP contribution in [0.5, 0.6) is 0 Å². The van der Waals surface area contributed by atoms with E-state index in [9.17, 15) is 4.79 Å². The molecule has 0 aliphatic rings. The number of hydrogen-bond acceptors (Lipinski definition) is 2. The largest absolute Gasteiger partial charge is 0.478 e. The predicted octanol–water partition coefficient (Wildman–Crippen LogP) is 1.34. The van der Waals surface area contributed by atoms with E-state index in [2.05, 4.69) is 6.92 Å². The summed E-state index contributed by atoms with van der Waals surface area (Å²) in [6.45, 7) is 6.39. The van der Waals surface area contributed by atoms with Gasteiger partial charge in [-0.2, -0.15) is 0 Å². The Morgan fingerprint density at radius 1 is 1.62 bits per heavy atom. The maximum atomic E-state index is 10.5. The van der Waals surface area contributed by atoms with Crippen molar-refractivity contribution in [2.24, 2.45) is 0 Å². The van der Waals surface area contributed by atoms with E-state index in [1.807, 2.05) is 13.0 Å². The molecule has 0 aromatic carbocycles. The van der Waals surface area contributed by atoms with Crippen molar-refractivity contribution in [1.29, 1.82) is 0 Å². The van der Waals surface area contributed by atoms with Gasteiger partial charge in [-0.15, -0.1) is 0 Å². The monoisotopic (exact) mass is 202 g/mol. The molecule has 0 saturated heterocycles. The molecule has 0 aliphatic carbocycles. The third-order valence-electron chi connectivity index (χ3n) is 1.88. The minimum absolute atomic E-state index is 0.357. The van der Waals surface area contributed by atoms with Crippen LogP contribution in [0.15, 0.2) is 11.6 Å². The van der Waals surface area contributed by atoms with Gasteiger partial charge in [0.05, 0.1) is 0 Å². The summed E-state index contributed by atoms with van der Waals surface area (Å²) in [6, 6.07) is 0. The van der Waals surface area contributed by atoms with Gasteiger partial charge in [-0.25, -0.2) is 4.79 Å². The van der Waals surface area contributed by atoms with Crippen LogP contribution in [0.1, 0.15) is 27.2 Å². The second-order valence-corrected chi connectivity index (χ2v) is 4.77. The number of rotatable bonds is 6. The Balaban J connectivity index is 4.09. The molecule has 1 N–H and O–H groups in total. The van der Waals surface area contributed by atoms with Gasteiger partial charge in [0.1, 0.15) is 0 Å². The Bertz CT molecular complexity index is 189. The fraction of sp³-hybridized carbons (Fsp3) is 0.667. The molecule has 76 valence electrons. The molecule has 0 heterocycles. The first kappa shape index (κ1) is 12.4. The number of hydrogen-bond donors (Lipinski definition) is 1. The molecule has 0 aromatic heterocycles. The first-order chi connectivity index (χ1) is 6.11. The summed E-state index contributed by atoms with van der Waals surface area (Å²) in [5.74, 6) is -0.830. The molecule has 0 aromatic rings. The predicted molar refractivity (Wildman–Crippen MR) is 55.6 cm³/mol. The van der Waals surface area contributed by atoms with Crippen LogP contribution in [-0.2, 0) is 9.22 Å². The van der Waals surface area contributed by atoms with Crippen LogP contribution in [-0.4, -0.2) is 27.4 Å². The topological polar surface area (TPSA) is 46.5 Å². The molecule has 0 spiro atoms. The SMILES string of the molecule is CCO[SiH2]C(C=C(C)C(=O)O)CC. The highest BCUT2D eigenvalue weighted by atomic mass is 28.2.